The zero-order valence-electron chi connectivity index (χ0n) is 19.8. The summed E-state index contributed by atoms with van der Waals surface area (Å²) in [4.78, 5) is 35.4. The molecular formula is C24H28O14. The fraction of sp³-hybridized carbons (Fsp3) is 0.542. The number of esters is 1. The molecule has 1 aromatic rings. The van der Waals surface area contributed by atoms with Gasteiger partial charge >= 0.3 is 17.9 Å². The topological polar surface area (TPSA) is 230 Å². The second-order valence-electron chi connectivity index (χ2n) is 9.37. The van der Waals surface area contributed by atoms with Crippen LogP contribution in [0.15, 0.2) is 30.0 Å². The Morgan fingerprint density at radius 1 is 0.974 bits per heavy atom. The normalized spacial score (nSPS) is 34.5. The van der Waals surface area contributed by atoms with E-state index in [1.54, 1.807) is 0 Å². The van der Waals surface area contributed by atoms with Crippen molar-refractivity contribution in [2.24, 2.45) is 17.8 Å². The Morgan fingerprint density at radius 3 is 2.34 bits per heavy atom. The van der Waals surface area contributed by atoms with E-state index in [4.69, 9.17) is 24.1 Å². The van der Waals surface area contributed by atoms with Gasteiger partial charge in [0, 0.05) is 17.8 Å². The van der Waals surface area contributed by atoms with Gasteiger partial charge < -0.3 is 54.7 Å². The smallest absolute Gasteiger partial charge is 0.341 e. The first-order chi connectivity index (χ1) is 18.0. The van der Waals surface area contributed by atoms with E-state index < -0.39 is 85.0 Å². The highest BCUT2D eigenvalue weighted by Crippen LogP contribution is 2.47. The van der Waals surface area contributed by atoms with Crippen molar-refractivity contribution in [2.75, 3.05) is 13.2 Å². The molecule has 4 rings (SSSR count). The lowest BCUT2D eigenvalue weighted by atomic mass is 9.83. The van der Waals surface area contributed by atoms with Crippen molar-refractivity contribution in [3.05, 3.63) is 41.2 Å². The summed E-state index contributed by atoms with van der Waals surface area (Å²) < 4.78 is 22.0. The van der Waals surface area contributed by atoms with E-state index in [1.807, 2.05) is 0 Å². The second kappa shape index (κ2) is 11.2. The molecule has 0 bridgehead atoms. The Morgan fingerprint density at radius 2 is 1.71 bits per heavy atom. The van der Waals surface area contributed by atoms with Crippen LogP contribution in [-0.2, 0) is 23.7 Å². The maximum Gasteiger partial charge on any atom is 0.341 e. The van der Waals surface area contributed by atoms with Crippen LogP contribution in [0.25, 0.3) is 0 Å². The second-order valence-corrected chi connectivity index (χ2v) is 9.37. The Labute approximate surface area is 215 Å². The molecule has 7 N–H and O–H groups in total. The molecule has 2 fully saturated rings. The summed E-state index contributed by atoms with van der Waals surface area (Å²) in [6, 6.07) is 3.15. The average Bonchev–Trinajstić information content (AvgIpc) is 3.31. The minimum absolute atomic E-state index is 0.0283. The van der Waals surface area contributed by atoms with Crippen LogP contribution in [0.5, 0.6) is 5.75 Å². The number of phenolic OH excluding ortho intramolecular Hbond substituents is 1. The number of carbonyl (C=O) groups is 3. The number of ether oxygens (including phenoxy) is 4. The fourth-order valence-electron chi connectivity index (χ4n) is 5.14. The molecule has 1 saturated heterocycles. The van der Waals surface area contributed by atoms with Crippen molar-refractivity contribution in [1.29, 1.82) is 0 Å². The van der Waals surface area contributed by atoms with Gasteiger partial charge in [-0.2, -0.15) is 0 Å². The van der Waals surface area contributed by atoms with Crippen molar-refractivity contribution >= 4 is 17.9 Å². The number of benzene rings is 1. The first-order valence-corrected chi connectivity index (χ1v) is 11.8. The molecule has 0 radical (unpaired) electrons. The highest BCUT2D eigenvalue weighted by atomic mass is 16.8. The predicted octanol–water partition coefficient (Wildman–Crippen LogP) is -0.969. The van der Waals surface area contributed by atoms with Gasteiger partial charge in [0.1, 0.15) is 35.7 Å². The van der Waals surface area contributed by atoms with E-state index in [0.29, 0.717) is 12.8 Å². The Bertz CT molecular complexity index is 1100. The number of aliphatic carboxylic acids is 1. The fourth-order valence-corrected chi connectivity index (χ4v) is 5.14. The first-order valence-electron chi connectivity index (χ1n) is 11.8. The minimum atomic E-state index is -1.71. The molecule has 1 aromatic carbocycles. The molecule has 2 heterocycles. The summed E-state index contributed by atoms with van der Waals surface area (Å²) in [5, 5.41) is 68.5. The Hall–Kier alpha value is -3.27. The molecule has 0 spiro atoms. The van der Waals surface area contributed by atoms with Crippen LogP contribution in [-0.4, -0.2) is 104 Å². The van der Waals surface area contributed by atoms with Crippen LogP contribution in [0.2, 0.25) is 0 Å². The molecule has 9 atom stereocenters. The lowest BCUT2D eigenvalue weighted by molar-refractivity contribution is -0.342. The van der Waals surface area contributed by atoms with E-state index in [1.165, 1.54) is 0 Å². The Balaban J connectivity index is 1.50. The third-order valence-corrected chi connectivity index (χ3v) is 7.16. The molecule has 1 aliphatic carbocycles. The third kappa shape index (κ3) is 5.32. The van der Waals surface area contributed by atoms with Gasteiger partial charge in [-0.25, -0.2) is 14.4 Å². The van der Waals surface area contributed by atoms with Crippen molar-refractivity contribution < 1.29 is 69.1 Å². The number of aliphatic hydroxyl groups is 4. The molecule has 1 saturated carbocycles. The number of phenols is 1. The third-order valence-electron chi connectivity index (χ3n) is 7.16. The van der Waals surface area contributed by atoms with Gasteiger partial charge in [0.25, 0.3) is 0 Å². The van der Waals surface area contributed by atoms with Crippen LogP contribution < -0.4 is 0 Å². The first kappa shape index (κ1) is 27.8. The lowest BCUT2D eigenvalue weighted by Crippen LogP contribution is -2.60. The summed E-state index contributed by atoms with van der Waals surface area (Å²) in [5.41, 5.74) is -0.512. The summed E-state index contributed by atoms with van der Waals surface area (Å²) >= 11 is 0. The molecular weight excluding hydrogens is 512 g/mol. The van der Waals surface area contributed by atoms with Crippen LogP contribution in [0.4, 0.5) is 0 Å². The van der Waals surface area contributed by atoms with E-state index >= 15 is 0 Å². The van der Waals surface area contributed by atoms with Gasteiger partial charge in [-0.15, -0.1) is 0 Å². The van der Waals surface area contributed by atoms with Crippen molar-refractivity contribution in [2.45, 2.75) is 49.8 Å². The minimum Gasteiger partial charge on any atom is -0.507 e. The van der Waals surface area contributed by atoms with Gasteiger partial charge in [-0.1, -0.05) is 0 Å². The van der Waals surface area contributed by atoms with E-state index in [9.17, 15) is 45.0 Å². The number of aromatic carboxylic acids is 1. The van der Waals surface area contributed by atoms with Gasteiger partial charge in [0.2, 0.25) is 6.29 Å². The zero-order valence-corrected chi connectivity index (χ0v) is 19.8. The maximum absolute atomic E-state index is 12.6. The molecule has 3 aliphatic rings. The molecule has 2 aliphatic heterocycles. The highest BCUT2D eigenvalue weighted by molar-refractivity contribution is 5.95. The summed E-state index contributed by atoms with van der Waals surface area (Å²) in [6.07, 6.45) is -7.20. The van der Waals surface area contributed by atoms with Crippen molar-refractivity contribution in [3.8, 4) is 5.75 Å². The molecule has 0 aromatic heterocycles. The number of aliphatic hydroxyl groups excluding tert-OH is 4. The molecule has 38 heavy (non-hydrogen) atoms. The monoisotopic (exact) mass is 540 g/mol. The lowest BCUT2D eigenvalue weighted by Gasteiger charge is -2.43. The number of hydrogen-bond donors (Lipinski definition) is 7. The summed E-state index contributed by atoms with van der Waals surface area (Å²) in [5.74, 6) is -5.80. The van der Waals surface area contributed by atoms with Gasteiger partial charge in [0.15, 0.2) is 6.29 Å². The molecule has 0 amide bonds. The SMILES string of the molecule is O=C(O)C1=CO[C@H](O[C@H]2O[C@@H](CO)[C@H](O)[C@@H](O)[C@@H]2O)[C@H]2[C@H](COC(=O)c3ccc(C(=O)O)cc3O)CC[C@@H]12. The summed E-state index contributed by atoms with van der Waals surface area (Å²) in [7, 11) is 0. The zero-order chi connectivity index (χ0) is 27.7. The predicted molar refractivity (Wildman–Crippen MR) is 120 cm³/mol. The highest BCUT2D eigenvalue weighted by Gasteiger charge is 2.52. The average molecular weight is 540 g/mol. The van der Waals surface area contributed by atoms with Crippen molar-refractivity contribution in [1.82, 2.24) is 0 Å². The van der Waals surface area contributed by atoms with Gasteiger partial charge in [-0.05, 0) is 31.0 Å². The van der Waals surface area contributed by atoms with Crippen LogP contribution in [0, 0.1) is 17.8 Å². The quantitative estimate of drug-likeness (QED) is 0.197. The number of aromatic hydroxyl groups is 1. The van der Waals surface area contributed by atoms with Gasteiger partial charge in [0.05, 0.1) is 30.6 Å². The number of carboxylic acid groups (broad SMARTS) is 2. The van der Waals surface area contributed by atoms with Crippen LogP contribution >= 0.6 is 0 Å². The number of carbonyl (C=O) groups excluding carboxylic acids is 1. The van der Waals surface area contributed by atoms with Crippen LogP contribution in [0.1, 0.15) is 33.6 Å². The molecule has 208 valence electrons. The Kier molecular flexibility index (Phi) is 8.20. The summed E-state index contributed by atoms with van der Waals surface area (Å²) in [6.45, 7) is -0.908. The molecule has 14 heteroatoms. The number of fused-ring (bicyclic) bond motifs is 1. The number of hydrogen-bond acceptors (Lipinski definition) is 12. The van der Waals surface area contributed by atoms with E-state index in [-0.39, 0.29) is 23.3 Å². The van der Waals surface area contributed by atoms with E-state index in [0.717, 1.165) is 24.5 Å². The standard InChI is InChI=1S/C24H28O14/c25-6-15-17(27)18(28)19(29)24(37-15)38-23-16-10(2-3-11(16)13(8-36-23)21(32)33)7-35-22(34)12-4-1-9(20(30)31)5-14(12)26/h1,4-5,8,10-11,15-19,23-29H,2-3,6-7H2,(H,30,31)(H,32,33)/t10-,11-,15-,16-,17-,18+,19-,23+,24+/m0/s1. The number of carboxylic acids is 2. The molecule has 0 unspecified atom stereocenters. The van der Waals surface area contributed by atoms with Crippen molar-refractivity contribution in [3.63, 3.8) is 0 Å². The largest absolute Gasteiger partial charge is 0.507 e. The number of rotatable bonds is 8. The van der Waals surface area contributed by atoms with Gasteiger partial charge in [-0.3, -0.25) is 0 Å². The maximum atomic E-state index is 12.6. The van der Waals surface area contributed by atoms with Crippen LogP contribution in [0.3, 0.4) is 0 Å². The molecule has 14 nitrogen and oxygen atoms in total. The van der Waals surface area contributed by atoms with E-state index in [2.05, 4.69) is 0 Å².